The molecule has 0 atom stereocenters. The van der Waals surface area contributed by atoms with Crippen LogP contribution in [0.1, 0.15) is 42.6 Å². The third-order valence-corrected chi connectivity index (χ3v) is 5.80. The van der Waals surface area contributed by atoms with Gasteiger partial charge in [0.1, 0.15) is 0 Å². The lowest BCUT2D eigenvalue weighted by Gasteiger charge is -2.14. The van der Waals surface area contributed by atoms with Crippen LogP contribution in [0.5, 0.6) is 0 Å². The molecule has 0 aliphatic heterocycles. The van der Waals surface area contributed by atoms with Crippen LogP contribution in [0.15, 0.2) is 21.5 Å². The predicted molar refractivity (Wildman–Crippen MR) is 88.3 cm³/mol. The minimum atomic E-state index is -3.89. The average molecular weight is 397 g/mol. The van der Waals surface area contributed by atoms with Crippen molar-refractivity contribution in [2.75, 3.05) is 6.54 Å². The second-order valence-corrected chi connectivity index (χ2v) is 8.30. The SMILES string of the molecule is CCC(CC)CNC(=O)c1cc(Br)c(C)c(S(=O)(=O)Cl)c1. The first-order valence-corrected chi connectivity index (χ1v) is 9.83. The van der Waals surface area contributed by atoms with E-state index in [0.29, 0.717) is 22.5 Å². The summed E-state index contributed by atoms with van der Waals surface area (Å²) in [6.07, 6.45) is 1.96. The van der Waals surface area contributed by atoms with Crippen LogP contribution in [0.4, 0.5) is 0 Å². The van der Waals surface area contributed by atoms with E-state index in [0.717, 1.165) is 12.8 Å². The Morgan fingerprint density at radius 2 is 1.90 bits per heavy atom. The van der Waals surface area contributed by atoms with Crippen LogP contribution in [0.25, 0.3) is 0 Å². The van der Waals surface area contributed by atoms with E-state index >= 15 is 0 Å². The van der Waals surface area contributed by atoms with Gasteiger partial charge in [-0.05, 0) is 30.5 Å². The lowest BCUT2D eigenvalue weighted by molar-refractivity contribution is 0.0946. The molecule has 1 aromatic carbocycles. The minimum absolute atomic E-state index is 0.0498. The summed E-state index contributed by atoms with van der Waals surface area (Å²) in [7, 11) is 1.51. The van der Waals surface area contributed by atoms with Crippen molar-refractivity contribution >= 4 is 41.6 Å². The lowest BCUT2D eigenvalue weighted by Crippen LogP contribution is -2.29. The summed E-state index contributed by atoms with van der Waals surface area (Å²) < 4.78 is 23.6. The molecule has 0 aliphatic rings. The van der Waals surface area contributed by atoms with Crippen LogP contribution in [-0.4, -0.2) is 20.9 Å². The van der Waals surface area contributed by atoms with Crippen molar-refractivity contribution in [3.63, 3.8) is 0 Å². The Morgan fingerprint density at radius 3 is 2.38 bits per heavy atom. The number of hydrogen-bond donors (Lipinski definition) is 1. The van der Waals surface area contributed by atoms with Gasteiger partial charge in [-0.1, -0.05) is 42.6 Å². The normalized spacial score (nSPS) is 11.7. The van der Waals surface area contributed by atoms with Gasteiger partial charge in [-0.2, -0.15) is 0 Å². The van der Waals surface area contributed by atoms with Crippen molar-refractivity contribution in [2.45, 2.75) is 38.5 Å². The Hall–Kier alpha value is -0.590. The molecule has 0 saturated carbocycles. The van der Waals surface area contributed by atoms with Crippen molar-refractivity contribution in [3.8, 4) is 0 Å². The van der Waals surface area contributed by atoms with E-state index in [1.54, 1.807) is 13.0 Å². The molecular weight excluding hydrogens is 378 g/mol. The van der Waals surface area contributed by atoms with Crippen molar-refractivity contribution < 1.29 is 13.2 Å². The molecule has 4 nitrogen and oxygen atoms in total. The van der Waals surface area contributed by atoms with Crippen molar-refractivity contribution in [2.24, 2.45) is 5.92 Å². The summed E-state index contributed by atoms with van der Waals surface area (Å²) in [6.45, 7) is 6.34. The molecule has 1 N–H and O–H groups in total. The number of rotatable bonds is 6. The second-order valence-electron chi connectivity index (χ2n) is 4.91. The zero-order valence-electron chi connectivity index (χ0n) is 12.2. The molecule has 21 heavy (non-hydrogen) atoms. The maximum absolute atomic E-state index is 12.2. The van der Waals surface area contributed by atoms with Crippen molar-refractivity contribution in [1.82, 2.24) is 5.32 Å². The Labute approximate surface area is 138 Å². The van der Waals surface area contributed by atoms with Gasteiger partial charge < -0.3 is 5.32 Å². The molecule has 0 aromatic heterocycles. The Morgan fingerprint density at radius 1 is 1.33 bits per heavy atom. The van der Waals surface area contributed by atoms with E-state index in [1.807, 2.05) is 0 Å². The van der Waals surface area contributed by atoms with Crippen LogP contribution in [0.3, 0.4) is 0 Å². The standard InChI is InChI=1S/C14H19BrClNO3S/c1-4-10(5-2)8-17-14(18)11-6-12(15)9(3)13(7-11)21(16,19)20/h6-7,10H,4-5,8H2,1-3H3,(H,17,18). The first-order chi connectivity index (χ1) is 9.70. The molecule has 0 unspecified atom stereocenters. The van der Waals surface area contributed by atoms with Gasteiger partial charge in [0, 0.05) is 27.3 Å². The maximum atomic E-state index is 12.2. The Balaban J connectivity index is 3.04. The van der Waals surface area contributed by atoms with Crippen molar-refractivity contribution in [1.29, 1.82) is 0 Å². The molecule has 118 valence electrons. The fourth-order valence-electron chi connectivity index (χ4n) is 1.95. The highest BCUT2D eigenvalue weighted by Crippen LogP contribution is 2.28. The van der Waals surface area contributed by atoms with E-state index in [4.69, 9.17) is 10.7 Å². The van der Waals surface area contributed by atoms with E-state index in [-0.39, 0.29) is 16.4 Å². The Bertz CT molecular complexity index is 627. The van der Waals surface area contributed by atoms with Gasteiger partial charge >= 0.3 is 0 Å². The van der Waals surface area contributed by atoms with Gasteiger partial charge in [0.05, 0.1) is 4.90 Å². The molecule has 0 fully saturated rings. The quantitative estimate of drug-likeness (QED) is 0.743. The summed E-state index contributed by atoms with van der Waals surface area (Å²) in [5, 5.41) is 2.83. The molecule has 1 aromatic rings. The number of carbonyl (C=O) groups excluding carboxylic acids is 1. The van der Waals surface area contributed by atoms with Gasteiger partial charge in [-0.15, -0.1) is 0 Å². The molecule has 0 aliphatic carbocycles. The maximum Gasteiger partial charge on any atom is 0.261 e. The third kappa shape index (κ3) is 4.97. The lowest BCUT2D eigenvalue weighted by atomic mass is 10.0. The zero-order valence-corrected chi connectivity index (χ0v) is 15.4. The molecule has 7 heteroatoms. The number of benzene rings is 1. The largest absolute Gasteiger partial charge is 0.352 e. The van der Waals surface area contributed by atoms with E-state index in [9.17, 15) is 13.2 Å². The predicted octanol–water partition coefficient (Wildman–Crippen LogP) is 3.85. The van der Waals surface area contributed by atoms with Crippen molar-refractivity contribution in [3.05, 3.63) is 27.7 Å². The molecule has 1 rings (SSSR count). The van der Waals surface area contributed by atoms with Gasteiger partial charge in [0.15, 0.2) is 0 Å². The smallest absolute Gasteiger partial charge is 0.261 e. The van der Waals surface area contributed by atoms with Crippen LogP contribution < -0.4 is 5.32 Å². The number of nitrogens with one attached hydrogen (secondary N) is 1. The first kappa shape index (κ1) is 18.5. The first-order valence-electron chi connectivity index (χ1n) is 6.73. The molecule has 0 radical (unpaired) electrons. The number of carbonyl (C=O) groups is 1. The fourth-order valence-corrected chi connectivity index (χ4v) is 3.77. The molecule has 0 spiro atoms. The van der Waals surface area contributed by atoms with Gasteiger partial charge in [0.25, 0.3) is 15.0 Å². The highest BCUT2D eigenvalue weighted by atomic mass is 79.9. The molecule has 0 bridgehead atoms. The van der Waals surface area contributed by atoms with Gasteiger partial charge in [-0.25, -0.2) is 8.42 Å². The average Bonchev–Trinajstić information content (AvgIpc) is 2.41. The van der Waals surface area contributed by atoms with E-state index < -0.39 is 9.05 Å². The number of amides is 1. The number of hydrogen-bond acceptors (Lipinski definition) is 3. The van der Waals surface area contributed by atoms with Gasteiger partial charge in [-0.3, -0.25) is 4.79 Å². The topological polar surface area (TPSA) is 63.2 Å². The molecule has 0 heterocycles. The summed E-state index contributed by atoms with van der Waals surface area (Å²) in [4.78, 5) is 12.1. The summed E-state index contributed by atoms with van der Waals surface area (Å²) in [5.74, 6) is 0.114. The van der Waals surface area contributed by atoms with E-state index in [2.05, 4.69) is 35.1 Å². The summed E-state index contributed by atoms with van der Waals surface area (Å²) in [5.41, 5.74) is 0.763. The molecule has 0 saturated heterocycles. The molecule has 1 amide bonds. The minimum Gasteiger partial charge on any atom is -0.352 e. The highest BCUT2D eigenvalue weighted by molar-refractivity contribution is 9.10. The van der Waals surface area contributed by atoms with Gasteiger partial charge in [0.2, 0.25) is 0 Å². The van der Waals surface area contributed by atoms with E-state index in [1.165, 1.54) is 6.07 Å². The second kappa shape index (κ2) is 7.61. The van der Waals surface area contributed by atoms with Crippen LogP contribution in [0.2, 0.25) is 0 Å². The van der Waals surface area contributed by atoms with Crippen LogP contribution >= 0.6 is 26.6 Å². The number of halogens is 2. The zero-order chi connectivity index (χ0) is 16.2. The summed E-state index contributed by atoms with van der Waals surface area (Å²) >= 11 is 3.26. The monoisotopic (exact) mass is 395 g/mol. The van der Waals surface area contributed by atoms with Crippen LogP contribution in [-0.2, 0) is 9.05 Å². The van der Waals surface area contributed by atoms with Crippen LogP contribution in [0, 0.1) is 12.8 Å². The highest BCUT2D eigenvalue weighted by Gasteiger charge is 2.19. The fraction of sp³-hybridized carbons (Fsp3) is 0.500. The third-order valence-electron chi connectivity index (χ3n) is 3.53. The summed E-state index contributed by atoms with van der Waals surface area (Å²) in [6, 6.07) is 2.91. The molecular formula is C14H19BrClNO3S. The Kier molecular flexibility index (Phi) is 6.69.